The summed E-state index contributed by atoms with van der Waals surface area (Å²) in [4.78, 5) is 3.85. The maximum absolute atomic E-state index is 12.8. The average molecular weight is 401 g/mol. The lowest BCUT2D eigenvalue weighted by atomic mass is 10.1. The molecule has 0 fully saturated rings. The number of rotatable bonds is 5. The highest BCUT2D eigenvalue weighted by Crippen LogP contribution is 2.33. The SMILES string of the molecule is COc1ccc(S(=O)(=O)Nc2ccccc2N2CCc3sccc3C2)cc1. The van der Waals surface area contributed by atoms with E-state index in [1.807, 2.05) is 18.2 Å². The number of nitrogens with zero attached hydrogens (tertiary/aromatic N) is 1. The van der Waals surface area contributed by atoms with E-state index in [1.54, 1.807) is 48.8 Å². The summed E-state index contributed by atoms with van der Waals surface area (Å²) < 4.78 is 33.5. The van der Waals surface area contributed by atoms with Crippen LogP contribution in [0.5, 0.6) is 5.75 Å². The number of hydrogen-bond acceptors (Lipinski definition) is 5. The molecule has 3 aromatic rings. The molecular weight excluding hydrogens is 380 g/mol. The number of nitrogens with one attached hydrogen (secondary N) is 1. The van der Waals surface area contributed by atoms with Gasteiger partial charge in [-0.2, -0.15) is 0 Å². The highest BCUT2D eigenvalue weighted by atomic mass is 32.2. The molecular formula is C20H20N2O3S2. The lowest BCUT2D eigenvalue weighted by Crippen LogP contribution is -2.30. The van der Waals surface area contributed by atoms with Crippen LogP contribution in [0.1, 0.15) is 10.4 Å². The molecule has 0 atom stereocenters. The highest BCUT2D eigenvalue weighted by molar-refractivity contribution is 7.92. The van der Waals surface area contributed by atoms with Crippen LogP contribution in [0.15, 0.2) is 64.9 Å². The van der Waals surface area contributed by atoms with Crippen LogP contribution in [0.2, 0.25) is 0 Å². The average Bonchev–Trinajstić information content (AvgIpc) is 3.16. The molecule has 4 rings (SSSR count). The molecule has 0 unspecified atom stereocenters. The zero-order chi connectivity index (χ0) is 18.9. The van der Waals surface area contributed by atoms with E-state index in [0.29, 0.717) is 11.4 Å². The summed E-state index contributed by atoms with van der Waals surface area (Å²) in [5, 5.41) is 2.12. The largest absolute Gasteiger partial charge is 0.497 e. The van der Waals surface area contributed by atoms with Gasteiger partial charge in [-0.25, -0.2) is 8.42 Å². The molecule has 7 heteroatoms. The third kappa shape index (κ3) is 3.65. The first-order chi connectivity index (χ1) is 13.1. The second-order valence-corrected chi connectivity index (χ2v) is 9.02. The third-order valence-corrected chi connectivity index (χ3v) is 7.07. The van der Waals surface area contributed by atoms with Crippen molar-refractivity contribution in [2.45, 2.75) is 17.9 Å². The van der Waals surface area contributed by atoms with Crippen molar-refractivity contribution in [3.63, 3.8) is 0 Å². The quantitative estimate of drug-likeness (QED) is 0.700. The van der Waals surface area contributed by atoms with Crippen LogP contribution in [-0.2, 0) is 23.0 Å². The van der Waals surface area contributed by atoms with Crippen molar-refractivity contribution in [1.82, 2.24) is 0 Å². The number of methoxy groups -OCH3 is 1. The topological polar surface area (TPSA) is 58.6 Å². The molecule has 0 radical (unpaired) electrons. The molecule has 1 aliphatic rings. The van der Waals surface area contributed by atoms with Gasteiger partial charge in [-0.1, -0.05) is 12.1 Å². The van der Waals surface area contributed by atoms with E-state index in [1.165, 1.54) is 10.4 Å². The fourth-order valence-corrected chi connectivity index (χ4v) is 5.21. The first kappa shape index (κ1) is 17.9. The van der Waals surface area contributed by atoms with E-state index >= 15 is 0 Å². The maximum atomic E-state index is 12.8. The summed E-state index contributed by atoms with van der Waals surface area (Å²) in [7, 11) is -2.13. The molecule has 5 nitrogen and oxygen atoms in total. The standard InChI is InChI=1S/C20H20N2O3S2/c1-25-16-6-8-17(9-7-16)27(23,24)21-18-4-2-3-5-19(18)22-12-10-20-15(14-22)11-13-26-20/h2-9,11,13,21H,10,12,14H2,1H3. The first-order valence-corrected chi connectivity index (χ1v) is 11.0. The first-order valence-electron chi connectivity index (χ1n) is 8.63. The van der Waals surface area contributed by atoms with Crippen LogP contribution in [0.3, 0.4) is 0 Å². The number of para-hydroxylation sites is 2. The fraction of sp³-hybridized carbons (Fsp3) is 0.200. The Hall–Kier alpha value is -2.51. The van der Waals surface area contributed by atoms with Gasteiger partial charge in [0.2, 0.25) is 0 Å². The lowest BCUT2D eigenvalue weighted by molar-refractivity contribution is 0.414. The van der Waals surface area contributed by atoms with Crippen molar-refractivity contribution in [2.24, 2.45) is 0 Å². The van der Waals surface area contributed by atoms with Gasteiger partial charge < -0.3 is 9.64 Å². The summed E-state index contributed by atoms with van der Waals surface area (Å²) in [6, 6.07) is 16.1. The van der Waals surface area contributed by atoms with Gasteiger partial charge in [0.15, 0.2) is 0 Å². The van der Waals surface area contributed by atoms with Crippen molar-refractivity contribution in [2.75, 3.05) is 23.3 Å². The van der Waals surface area contributed by atoms with E-state index in [-0.39, 0.29) is 4.90 Å². The zero-order valence-electron chi connectivity index (χ0n) is 14.9. The van der Waals surface area contributed by atoms with E-state index in [2.05, 4.69) is 21.1 Å². The molecule has 0 saturated heterocycles. The minimum atomic E-state index is -3.68. The summed E-state index contributed by atoms with van der Waals surface area (Å²) >= 11 is 1.79. The minimum Gasteiger partial charge on any atom is -0.497 e. The maximum Gasteiger partial charge on any atom is 0.261 e. The molecule has 1 aliphatic heterocycles. The molecule has 0 aliphatic carbocycles. The van der Waals surface area contributed by atoms with Crippen molar-refractivity contribution in [3.05, 3.63) is 70.4 Å². The predicted octanol–water partition coefficient (Wildman–Crippen LogP) is 4.12. The normalized spacial score (nSPS) is 13.9. The summed E-state index contributed by atoms with van der Waals surface area (Å²) in [5.41, 5.74) is 2.80. The molecule has 0 saturated carbocycles. The van der Waals surface area contributed by atoms with Crippen LogP contribution in [0, 0.1) is 0 Å². The molecule has 2 aromatic carbocycles. The minimum absolute atomic E-state index is 0.205. The van der Waals surface area contributed by atoms with Crippen molar-refractivity contribution in [3.8, 4) is 5.75 Å². The number of hydrogen-bond donors (Lipinski definition) is 1. The van der Waals surface area contributed by atoms with E-state index in [4.69, 9.17) is 4.74 Å². The Morgan fingerprint density at radius 2 is 1.85 bits per heavy atom. The zero-order valence-corrected chi connectivity index (χ0v) is 16.5. The van der Waals surface area contributed by atoms with Gasteiger partial charge >= 0.3 is 0 Å². The van der Waals surface area contributed by atoms with Crippen LogP contribution in [0.25, 0.3) is 0 Å². The number of sulfonamides is 1. The third-order valence-electron chi connectivity index (χ3n) is 4.67. The van der Waals surface area contributed by atoms with Gasteiger partial charge in [-0.3, -0.25) is 4.72 Å². The van der Waals surface area contributed by atoms with Crippen LogP contribution < -0.4 is 14.4 Å². The Morgan fingerprint density at radius 3 is 2.63 bits per heavy atom. The van der Waals surface area contributed by atoms with E-state index in [0.717, 1.165) is 25.2 Å². The molecule has 0 spiro atoms. The Balaban J connectivity index is 1.61. The van der Waals surface area contributed by atoms with Gasteiger partial charge in [0.25, 0.3) is 10.0 Å². The van der Waals surface area contributed by atoms with Crippen molar-refractivity contribution < 1.29 is 13.2 Å². The number of ether oxygens (including phenoxy) is 1. The second-order valence-electron chi connectivity index (χ2n) is 6.34. The molecule has 27 heavy (non-hydrogen) atoms. The van der Waals surface area contributed by atoms with Gasteiger partial charge in [0, 0.05) is 18.0 Å². The van der Waals surface area contributed by atoms with Crippen LogP contribution in [-0.4, -0.2) is 22.1 Å². The number of fused-ring (bicyclic) bond motifs is 1. The molecule has 0 amide bonds. The Morgan fingerprint density at radius 1 is 1.07 bits per heavy atom. The number of benzene rings is 2. The van der Waals surface area contributed by atoms with Gasteiger partial charge in [-0.05, 0) is 59.8 Å². The van der Waals surface area contributed by atoms with Crippen molar-refractivity contribution >= 4 is 32.7 Å². The van der Waals surface area contributed by atoms with Crippen LogP contribution in [0.4, 0.5) is 11.4 Å². The highest BCUT2D eigenvalue weighted by Gasteiger charge is 2.22. The van der Waals surface area contributed by atoms with Gasteiger partial charge in [0.05, 0.1) is 23.4 Å². The van der Waals surface area contributed by atoms with Gasteiger partial charge in [0.1, 0.15) is 5.75 Å². The Labute approximate surface area is 163 Å². The molecule has 1 aromatic heterocycles. The van der Waals surface area contributed by atoms with Crippen LogP contribution >= 0.6 is 11.3 Å². The van der Waals surface area contributed by atoms with E-state index in [9.17, 15) is 8.42 Å². The Kier molecular flexibility index (Phi) is 4.80. The van der Waals surface area contributed by atoms with Gasteiger partial charge in [-0.15, -0.1) is 11.3 Å². The molecule has 1 N–H and O–H groups in total. The summed E-state index contributed by atoms with van der Waals surface area (Å²) in [6.07, 6.45) is 0.979. The van der Waals surface area contributed by atoms with Crippen molar-refractivity contribution in [1.29, 1.82) is 0 Å². The number of anilines is 2. The Bertz CT molecular complexity index is 1040. The molecule has 140 valence electrons. The molecule has 0 bridgehead atoms. The lowest BCUT2D eigenvalue weighted by Gasteiger charge is -2.30. The molecule has 2 heterocycles. The monoisotopic (exact) mass is 400 g/mol. The summed E-state index contributed by atoms with van der Waals surface area (Å²) in [5.74, 6) is 0.620. The number of thiophene rings is 1. The van der Waals surface area contributed by atoms with E-state index < -0.39 is 10.0 Å². The second kappa shape index (κ2) is 7.25. The predicted molar refractivity (Wildman–Crippen MR) is 109 cm³/mol. The fourth-order valence-electron chi connectivity index (χ4n) is 3.25. The summed E-state index contributed by atoms with van der Waals surface area (Å²) in [6.45, 7) is 1.66. The smallest absolute Gasteiger partial charge is 0.261 e.